The molecule has 0 bridgehead atoms. The molecule has 98 valence electrons. The van der Waals surface area contributed by atoms with Gasteiger partial charge in [0, 0.05) is 13.6 Å². The number of aromatic amines is 2. The van der Waals surface area contributed by atoms with E-state index in [0.29, 0.717) is 19.5 Å². The first-order valence-corrected chi connectivity index (χ1v) is 5.68. The van der Waals surface area contributed by atoms with Gasteiger partial charge in [-0.05, 0) is 19.4 Å². The van der Waals surface area contributed by atoms with Crippen molar-refractivity contribution in [3.63, 3.8) is 0 Å². The minimum atomic E-state index is -0.553. The van der Waals surface area contributed by atoms with Crippen LogP contribution >= 0.6 is 0 Å². The first kappa shape index (κ1) is 12.4. The van der Waals surface area contributed by atoms with Crippen molar-refractivity contribution in [2.45, 2.75) is 19.4 Å². The number of imidazole rings is 1. The molecule has 0 unspecified atom stereocenters. The van der Waals surface area contributed by atoms with Crippen LogP contribution in [0.2, 0.25) is 0 Å². The van der Waals surface area contributed by atoms with E-state index < -0.39 is 16.9 Å². The zero-order valence-corrected chi connectivity index (χ0v) is 10.0. The van der Waals surface area contributed by atoms with Crippen LogP contribution in [0.15, 0.2) is 14.4 Å². The van der Waals surface area contributed by atoms with E-state index in [1.807, 2.05) is 0 Å². The standard InChI is InChI=1S/C10H15N5O3/c1-14-8(16)6-7(12-9(14)17)13-10(18)15(6)5-3-2-4-11/h2-5,11H2,1H3,(H,12,17)(H,13,18). The summed E-state index contributed by atoms with van der Waals surface area (Å²) in [6.07, 6.45) is 1.47. The van der Waals surface area contributed by atoms with Crippen LogP contribution in [-0.4, -0.2) is 25.6 Å². The third-order valence-electron chi connectivity index (χ3n) is 2.86. The molecule has 0 aliphatic carbocycles. The molecule has 0 fully saturated rings. The molecule has 0 aromatic carbocycles. The maximum absolute atomic E-state index is 12.0. The Morgan fingerprint density at radius 2 is 1.78 bits per heavy atom. The Kier molecular flexibility index (Phi) is 3.19. The van der Waals surface area contributed by atoms with Gasteiger partial charge in [-0.1, -0.05) is 0 Å². The number of hydrogen-bond acceptors (Lipinski definition) is 4. The summed E-state index contributed by atoms with van der Waals surface area (Å²) in [5.74, 6) is 0. The summed E-state index contributed by atoms with van der Waals surface area (Å²) in [4.78, 5) is 40.0. The number of aryl methyl sites for hydroxylation is 1. The number of hydrogen-bond donors (Lipinski definition) is 3. The molecule has 0 saturated carbocycles. The molecule has 2 heterocycles. The average Bonchev–Trinajstić information content (AvgIpc) is 2.63. The SMILES string of the molecule is Cn1c(=O)[nH]c2[nH]c(=O)n(CCCCN)c2c1=O. The highest BCUT2D eigenvalue weighted by molar-refractivity contribution is 5.68. The fourth-order valence-corrected chi connectivity index (χ4v) is 1.85. The predicted octanol–water partition coefficient (Wildman–Crippen LogP) is -1.54. The van der Waals surface area contributed by atoms with Gasteiger partial charge in [-0.15, -0.1) is 0 Å². The highest BCUT2D eigenvalue weighted by Gasteiger charge is 2.13. The van der Waals surface area contributed by atoms with E-state index in [4.69, 9.17) is 5.73 Å². The third kappa shape index (κ3) is 1.90. The largest absolute Gasteiger partial charge is 0.330 e. The van der Waals surface area contributed by atoms with Crippen molar-refractivity contribution in [1.82, 2.24) is 19.1 Å². The maximum Gasteiger partial charge on any atom is 0.329 e. The van der Waals surface area contributed by atoms with Gasteiger partial charge in [-0.2, -0.15) is 0 Å². The minimum absolute atomic E-state index is 0.167. The summed E-state index contributed by atoms with van der Waals surface area (Å²) in [6.45, 7) is 0.934. The van der Waals surface area contributed by atoms with Gasteiger partial charge in [0.15, 0.2) is 5.52 Å². The highest BCUT2D eigenvalue weighted by Crippen LogP contribution is 2.01. The molecule has 2 aromatic heterocycles. The predicted molar refractivity (Wildman–Crippen MR) is 66.7 cm³/mol. The van der Waals surface area contributed by atoms with Gasteiger partial charge < -0.3 is 5.73 Å². The second-order valence-electron chi connectivity index (χ2n) is 4.10. The topological polar surface area (TPSA) is 119 Å². The smallest absolute Gasteiger partial charge is 0.329 e. The maximum atomic E-state index is 12.0. The molecule has 8 heteroatoms. The molecular weight excluding hydrogens is 238 g/mol. The van der Waals surface area contributed by atoms with E-state index in [1.165, 1.54) is 11.6 Å². The van der Waals surface area contributed by atoms with Crippen molar-refractivity contribution < 1.29 is 0 Å². The number of rotatable bonds is 4. The molecule has 0 radical (unpaired) electrons. The number of nitrogens with one attached hydrogen (secondary N) is 2. The molecule has 0 spiro atoms. The molecule has 2 rings (SSSR count). The molecule has 4 N–H and O–H groups in total. The quantitative estimate of drug-likeness (QED) is 0.572. The lowest BCUT2D eigenvalue weighted by Gasteiger charge is -2.02. The van der Waals surface area contributed by atoms with Crippen LogP contribution in [0.3, 0.4) is 0 Å². The van der Waals surface area contributed by atoms with E-state index >= 15 is 0 Å². The van der Waals surface area contributed by atoms with Crippen LogP contribution in [0, 0.1) is 0 Å². The summed E-state index contributed by atoms with van der Waals surface area (Å²) in [5, 5.41) is 0. The summed E-state index contributed by atoms with van der Waals surface area (Å²) in [7, 11) is 1.36. The number of nitrogens with zero attached hydrogens (tertiary/aromatic N) is 2. The molecule has 18 heavy (non-hydrogen) atoms. The van der Waals surface area contributed by atoms with Gasteiger partial charge in [0.1, 0.15) is 5.65 Å². The van der Waals surface area contributed by atoms with Crippen molar-refractivity contribution in [2.75, 3.05) is 6.54 Å². The molecule has 2 aromatic rings. The summed E-state index contributed by atoms with van der Waals surface area (Å²) >= 11 is 0. The number of aromatic nitrogens is 4. The molecule has 0 amide bonds. The zero-order chi connectivity index (χ0) is 13.3. The van der Waals surface area contributed by atoms with Crippen molar-refractivity contribution in [3.8, 4) is 0 Å². The second kappa shape index (κ2) is 4.65. The average molecular weight is 253 g/mol. The van der Waals surface area contributed by atoms with Crippen molar-refractivity contribution in [1.29, 1.82) is 0 Å². The molecule has 8 nitrogen and oxygen atoms in total. The van der Waals surface area contributed by atoms with Gasteiger partial charge in [0.2, 0.25) is 0 Å². The molecular formula is C10H15N5O3. The van der Waals surface area contributed by atoms with Crippen LogP contribution in [0.4, 0.5) is 0 Å². The first-order chi connectivity index (χ1) is 8.56. The van der Waals surface area contributed by atoms with Crippen LogP contribution in [-0.2, 0) is 13.6 Å². The number of unbranched alkanes of at least 4 members (excludes halogenated alkanes) is 1. The fraction of sp³-hybridized carbons (Fsp3) is 0.500. The van der Waals surface area contributed by atoms with E-state index in [0.717, 1.165) is 11.0 Å². The summed E-state index contributed by atoms with van der Waals surface area (Å²) in [6, 6.07) is 0. The Morgan fingerprint density at radius 1 is 1.11 bits per heavy atom. The lowest BCUT2D eigenvalue weighted by atomic mass is 10.3. The highest BCUT2D eigenvalue weighted by atomic mass is 16.2. The van der Waals surface area contributed by atoms with Crippen LogP contribution in [0.25, 0.3) is 11.2 Å². The van der Waals surface area contributed by atoms with Gasteiger partial charge in [-0.25, -0.2) is 9.59 Å². The Bertz CT molecular complexity index is 733. The van der Waals surface area contributed by atoms with E-state index in [1.54, 1.807) is 0 Å². The lowest BCUT2D eigenvalue weighted by Crippen LogP contribution is -2.33. The molecule has 0 aliphatic heterocycles. The number of H-pyrrole nitrogens is 2. The van der Waals surface area contributed by atoms with Crippen molar-refractivity contribution in [2.24, 2.45) is 12.8 Å². The lowest BCUT2D eigenvalue weighted by molar-refractivity contribution is 0.609. The van der Waals surface area contributed by atoms with Gasteiger partial charge in [-0.3, -0.25) is 23.9 Å². The molecule has 0 atom stereocenters. The fourth-order valence-electron chi connectivity index (χ4n) is 1.85. The first-order valence-electron chi connectivity index (χ1n) is 5.68. The van der Waals surface area contributed by atoms with Gasteiger partial charge in [0.25, 0.3) is 5.56 Å². The summed E-state index contributed by atoms with van der Waals surface area (Å²) < 4.78 is 2.28. The van der Waals surface area contributed by atoms with Crippen molar-refractivity contribution >= 4 is 11.2 Å². The van der Waals surface area contributed by atoms with Crippen LogP contribution in [0.5, 0.6) is 0 Å². The molecule has 0 saturated heterocycles. The Balaban J connectivity index is 2.63. The van der Waals surface area contributed by atoms with Crippen LogP contribution in [0.1, 0.15) is 12.8 Å². The Morgan fingerprint density at radius 3 is 2.44 bits per heavy atom. The van der Waals surface area contributed by atoms with E-state index in [-0.39, 0.29) is 11.2 Å². The third-order valence-corrected chi connectivity index (χ3v) is 2.86. The van der Waals surface area contributed by atoms with E-state index in [9.17, 15) is 14.4 Å². The monoisotopic (exact) mass is 253 g/mol. The van der Waals surface area contributed by atoms with Crippen molar-refractivity contribution in [3.05, 3.63) is 31.3 Å². The minimum Gasteiger partial charge on any atom is -0.330 e. The molecule has 0 aliphatic rings. The van der Waals surface area contributed by atoms with Crippen LogP contribution < -0.4 is 22.7 Å². The zero-order valence-electron chi connectivity index (χ0n) is 10.0. The van der Waals surface area contributed by atoms with Gasteiger partial charge >= 0.3 is 11.4 Å². The second-order valence-corrected chi connectivity index (χ2v) is 4.10. The number of nitrogens with two attached hydrogens (primary N) is 1. The summed E-state index contributed by atoms with van der Waals surface area (Å²) in [5.41, 5.74) is 4.30. The Labute approximate surface area is 101 Å². The normalized spacial score (nSPS) is 11.2. The number of fused-ring (bicyclic) bond motifs is 1. The Hall–Kier alpha value is -2.09. The van der Waals surface area contributed by atoms with E-state index in [2.05, 4.69) is 9.97 Å². The van der Waals surface area contributed by atoms with Gasteiger partial charge in [0.05, 0.1) is 0 Å².